The van der Waals surface area contributed by atoms with Gasteiger partial charge in [-0.2, -0.15) is 5.10 Å². The molecule has 0 aromatic carbocycles. The number of nitrogens with zero attached hydrogens (tertiary/aromatic N) is 3. The highest BCUT2D eigenvalue weighted by Crippen LogP contribution is 2.21. The van der Waals surface area contributed by atoms with Crippen LogP contribution >= 0.6 is 0 Å². The first-order valence-electron chi connectivity index (χ1n) is 8.67. The normalized spacial score (nSPS) is 19.3. The van der Waals surface area contributed by atoms with Crippen LogP contribution in [0.2, 0.25) is 0 Å². The van der Waals surface area contributed by atoms with Crippen LogP contribution in [0.25, 0.3) is 0 Å². The van der Waals surface area contributed by atoms with Crippen molar-refractivity contribution in [2.75, 3.05) is 19.6 Å². The maximum absolute atomic E-state index is 4.80. The molecule has 1 aromatic heterocycles. The van der Waals surface area contributed by atoms with Crippen LogP contribution in [-0.4, -0.2) is 39.9 Å². The monoisotopic (exact) mass is 292 g/mol. The fraction of sp³-hybridized carbons (Fsp3) is 0.824. The minimum Gasteiger partial charge on any atom is -0.309 e. The summed E-state index contributed by atoms with van der Waals surface area (Å²) in [4.78, 5) is 2.56. The average molecular weight is 292 g/mol. The lowest BCUT2D eigenvalue weighted by molar-refractivity contribution is 0.117. The van der Waals surface area contributed by atoms with E-state index in [0.717, 1.165) is 39.0 Å². The molecule has 1 fully saturated rings. The van der Waals surface area contributed by atoms with Crippen molar-refractivity contribution >= 4 is 0 Å². The molecule has 0 amide bonds. The zero-order valence-electron chi connectivity index (χ0n) is 14.2. The molecule has 1 N–H and O–H groups in total. The Morgan fingerprint density at radius 3 is 2.57 bits per heavy atom. The zero-order valence-corrected chi connectivity index (χ0v) is 14.2. The topological polar surface area (TPSA) is 33.1 Å². The van der Waals surface area contributed by atoms with Gasteiger partial charge in [0.05, 0.1) is 11.7 Å². The third-order valence-electron chi connectivity index (χ3n) is 5.17. The van der Waals surface area contributed by atoms with E-state index in [1.807, 2.05) is 0 Å². The molecule has 0 unspecified atom stereocenters. The van der Waals surface area contributed by atoms with Crippen molar-refractivity contribution in [2.24, 2.45) is 0 Å². The lowest BCUT2D eigenvalue weighted by atomic mass is 9.90. The number of rotatable bonds is 7. The Labute approximate surface area is 129 Å². The summed E-state index contributed by atoms with van der Waals surface area (Å²) >= 11 is 0. The number of hydrogen-bond donors (Lipinski definition) is 1. The van der Waals surface area contributed by atoms with Gasteiger partial charge in [-0.05, 0) is 31.7 Å². The van der Waals surface area contributed by atoms with E-state index in [-0.39, 0.29) is 0 Å². The molecular formula is C17H32N4. The summed E-state index contributed by atoms with van der Waals surface area (Å²) in [6, 6.07) is 2.74. The van der Waals surface area contributed by atoms with Crippen molar-refractivity contribution < 1.29 is 0 Å². The Hall–Kier alpha value is -0.870. The van der Waals surface area contributed by atoms with Gasteiger partial charge < -0.3 is 5.32 Å². The number of hydrogen-bond acceptors (Lipinski definition) is 3. The lowest BCUT2D eigenvalue weighted by Gasteiger charge is -2.43. The first-order valence-corrected chi connectivity index (χ1v) is 8.67. The van der Waals surface area contributed by atoms with Crippen LogP contribution < -0.4 is 5.32 Å². The third kappa shape index (κ3) is 3.86. The van der Waals surface area contributed by atoms with E-state index in [1.165, 1.54) is 18.5 Å². The number of nitrogens with one attached hydrogen (secondary N) is 1. The molecule has 4 nitrogen and oxygen atoms in total. The molecule has 1 aliphatic heterocycles. The van der Waals surface area contributed by atoms with Crippen molar-refractivity contribution in [3.8, 4) is 0 Å². The van der Waals surface area contributed by atoms with Gasteiger partial charge in [0.2, 0.25) is 0 Å². The van der Waals surface area contributed by atoms with E-state index >= 15 is 0 Å². The van der Waals surface area contributed by atoms with Gasteiger partial charge >= 0.3 is 0 Å². The maximum atomic E-state index is 4.80. The van der Waals surface area contributed by atoms with Gasteiger partial charge in [0.15, 0.2) is 0 Å². The minimum atomic E-state index is 0.302. The van der Waals surface area contributed by atoms with E-state index in [0.29, 0.717) is 11.6 Å². The summed E-state index contributed by atoms with van der Waals surface area (Å²) in [5.41, 5.74) is 1.51. The molecular weight excluding hydrogens is 260 g/mol. The average Bonchev–Trinajstić information content (AvgIpc) is 2.97. The van der Waals surface area contributed by atoms with Crippen LogP contribution in [0.4, 0.5) is 0 Å². The molecule has 0 saturated carbocycles. The smallest absolute Gasteiger partial charge is 0.0764 e. The molecule has 0 atom stereocenters. The molecule has 2 rings (SSSR count). The van der Waals surface area contributed by atoms with Crippen LogP contribution in [0, 0.1) is 0 Å². The SMILES string of the molecule is CCC(CC)n1ccc(CN2CCNC(CC)(CC)C2)n1. The summed E-state index contributed by atoms with van der Waals surface area (Å²) in [5, 5.41) is 8.52. The maximum Gasteiger partial charge on any atom is 0.0764 e. The third-order valence-corrected chi connectivity index (χ3v) is 5.17. The lowest BCUT2D eigenvalue weighted by Crippen LogP contribution is -2.59. The Kier molecular flexibility index (Phi) is 5.82. The van der Waals surface area contributed by atoms with Gasteiger partial charge in [0.25, 0.3) is 0 Å². The van der Waals surface area contributed by atoms with Crippen molar-refractivity contribution in [1.82, 2.24) is 20.0 Å². The van der Waals surface area contributed by atoms with E-state index in [9.17, 15) is 0 Å². The molecule has 0 aliphatic carbocycles. The van der Waals surface area contributed by atoms with Crippen molar-refractivity contribution in [2.45, 2.75) is 71.5 Å². The van der Waals surface area contributed by atoms with Gasteiger partial charge in [-0.1, -0.05) is 27.7 Å². The number of aromatic nitrogens is 2. The first-order chi connectivity index (χ1) is 10.2. The molecule has 0 spiro atoms. The molecule has 2 heterocycles. The number of piperazine rings is 1. The molecule has 21 heavy (non-hydrogen) atoms. The first kappa shape index (κ1) is 16.5. The van der Waals surface area contributed by atoms with E-state index in [1.54, 1.807) is 0 Å². The molecule has 1 aliphatic rings. The Morgan fingerprint density at radius 1 is 1.24 bits per heavy atom. The second-order valence-electron chi connectivity index (χ2n) is 6.38. The van der Waals surface area contributed by atoms with E-state index in [2.05, 4.69) is 54.9 Å². The van der Waals surface area contributed by atoms with E-state index < -0.39 is 0 Å². The predicted octanol–water partition coefficient (Wildman–Crippen LogP) is 3.21. The molecule has 0 bridgehead atoms. The Balaban J connectivity index is 1.98. The fourth-order valence-corrected chi connectivity index (χ4v) is 3.46. The van der Waals surface area contributed by atoms with Gasteiger partial charge in [-0.15, -0.1) is 0 Å². The van der Waals surface area contributed by atoms with Gasteiger partial charge in [0, 0.05) is 37.9 Å². The molecule has 0 radical (unpaired) electrons. The Bertz CT molecular complexity index is 418. The van der Waals surface area contributed by atoms with Gasteiger partial charge in [0.1, 0.15) is 0 Å². The largest absolute Gasteiger partial charge is 0.309 e. The highest BCUT2D eigenvalue weighted by atomic mass is 15.3. The van der Waals surface area contributed by atoms with Gasteiger partial charge in [-0.25, -0.2) is 0 Å². The predicted molar refractivity (Wildman–Crippen MR) is 88.4 cm³/mol. The summed E-state index contributed by atoms with van der Waals surface area (Å²) in [5.74, 6) is 0. The van der Waals surface area contributed by atoms with E-state index in [4.69, 9.17) is 5.10 Å². The molecule has 120 valence electrons. The summed E-state index contributed by atoms with van der Waals surface area (Å²) in [6.07, 6.45) is 6.85. The van der Waals surface area contributed by atoms with Crippen molar-refractivity contribution in [1.29, 1.82) is 0 Å². The highest BCUT2D eigenvalue weighted by Gasteiger charge is 2.31. The second kappa shape index (κ2) is 7.41. The van der Waals surface area contributed by atoms with Crippen LogP contribution in [0.3, 0.4) is 0 Å². The highest BCUT2D eigenvalue weighted by molar-refractivity contribution is 5.02. The molecule has 1 aromatic rings. The fourth-order valence-electron chi connectivity index (χ4n) is 3.46. The summed E-state index contributed by atoms with van der Waals surface area (Å²) in [7, 11) is 0. The quantitative estimate of drug-likeness (QED) is 0.838. The van der Waals surface area contributed by atoms with Crippen LogP contribution in [0.5, 0.6) is 0 Å². The summed E-state index contributed by atoms with van der Waals surface area (Å²) < 4.78 is 2.16. The van der Waals surface area contributed by atoms with Crippen LogP contribution in [0.15, 0.2) is 12.3 Å². The van der Waals surface area contributed by atoms with Crippen molar-refractivity contribution in [3.05, 3.63) is 18.0 Å². The summed E-state index contributed by atoms with van der Waals surface area (Å²) in [6.45, 7) is 13.4. The van der Waals surface area contributed by atoms with Crippen LogP contribution in [-0.2, 0) is 6.54 Å². The van der Waals surface area contributed by atoms with Crippen molar-refractivity contribution in [3.63, 3.8) is 0 Å². The zero-order chi connectivity index (χ0) is 15.3. The van der Waals surface area contributed by atoms with Crippen LogP contribution in [0.1, 0.15) is 65.1 Å². The standard InChI is InChI=1S/C17H32N4/c1-5-16(6-2)21-11-9-15(19-21)13-20-12-10-18-17(7-3,8-4)14-20/h9,11,16,18H,5-8,10,12-14H2,1-4H3. The minimum absolute atomic E-state index is 0.302. The second-order valence-corrected chi connectivity index (χ2v) is 6.38. The molecule has 1 saturated heterocycles. The van der Waals surface area contributed by atoms with Gasteiger partial charge in [-0.3, -0.25) is 9.58 Å². The molecule has 4 heteroatoms. The Morgan fingerprint density at radius 2 is 1.95 bits per heavy atom.